The Kier molecular flexibility index (Phi) is 8.39. The van der Waals surface area contributed by atoms with Crippen molar-refractivity contribution in [2.75, 3.05) is 26.4 Å². The molecule has 2 aliphatic heterocycles. The molecule has 0 aromatic carbocycles. The standard InChI is InChI=1S/C22H46N4/c1-9-17(3)25-15-23(19(5)21(25)7)13-11-12-14-24-16-26(18(4)10-2)22(8)20(24)6/h17-22H,9-16H2,1-8H3/t17-,18-,19-,20-,21+,22+/m0/s1. The summed E-state index contributed by atoms with van der Waals surface area (Å²) in [6, 6.07) is 4.17. The minimum atomic E-state index is 0.688. The van der Waals surface area contributed by atoms with Crippen LogP contribution in [0, 0.1) is 0 Å². The normalized spacial score (nSPS) is 34.6. The summed E-state index contributed by atoms with van der Waals surface area (Å²) in [4.78, 5) is 10.8. The Morgan fingerprint density at radius 2 is 1.00 bits per heavy atom. The molecule has 0 aromatic rings. The number of unbranched alkanes of at least 4 members (excludes halogenated alkanes) is 1. The quantitative estimate of drug-likeness (QED) is 0.570. The van der Waals surface area contributed by atoms with Crippen LogP contribution in [-0.2, 0) is 0 Å². The topological polar surface area (TPSA) is 13.0 Å². The lowest BCUT2D eigenvalue weighted by Crippen LogP contribution is -2.37. The van der Waals surface area contributed by atoms with E-state index < -0.39 is 0 Å². The molecule has 2 rings (SSSR count). The van der Waals surface area contributed by atoms with Gasteiger partial charge in [0.15, 0.2) is 0 Å². The smallest absolute Gasteiger partial charge is 0.0515 e. The van der Waals surface area contributed by atoms with Crippen molar-refractivity contribution in [3.05, 3.63) is 0 Å². The maximum atomic E-state index is 2.71. The second kappa shape index (κ2) is 9.86. The zero-order chi connectivity index (χ0) is 19.4. The highest BCUT2D eigenvalue weighted by Gasteiger charge is 2.37. The SMILES string of the molecule is CC[C@H](C)N1CN(CCCCN2CN([C@@H](C)CC)[C@H](C)[C@@H]2C)[C@@H](C)[C@H]1C. The average Bonchev–Trinajstić information content (AvgIpc) is 3.09. The van der Waals surface area contributed by atoms with Gasteiger partial charge in [-0.15, -0.1) is 0 Å². The fourth-order valence-corrected chi connectivity index (χ4v) is 4.83. The van der Waals surface area contributed by atoms with Crippen molar-refractivity contribution in [3.8, 4) is 0 Å². The summed E-state index contributed by atoms with van der Waals surface area (Å²) in [5.41, 5.74) is 0. The molecule has 6 atom stereocenters. The predicted molar refractivity (Wildman–Crippen MR) is 113 cm³/mol. The Labute approximate surface area is 163 Å². The van der Waals surface area contributed by atoms with Crippen molar-refractivity contribution in [2.45, 2.75) is 117 Å². The Hall–Kier alpha value is -0.160. The lowest BCUT2D eigenvalue weighted by atomic mass is 10.1. The molecular formula is C22H46N4. The second-order valence-corrected chi connectivity index (χ2v) is 9.12. The molecule has 0 aliphatic carbocycles. The molecule has 4 nitrogen and oxygen atoms in total. The van der Waals surface area contributed by atoms with Crippen LogP contribution in [0.25, 0.3) is 0 Å². The van der Waals surface area contributed by atoms with Crippen molar-refractivity contribution >= 4 is 0 Å². The molecule has 0 saturated carbocycles. The summed E-state index contributed by atoms with van der Waals surface area (Å²) in [6.45, 7) is 23.9. The van der Waals surface area contributed by atoms with Crippen LogP contribution in [0.2, 0.25) is 0 Å². The number of hydrogen-bond acceptors (Lipinski definition) is 4. The molecule has 2 fully saturated rings. The molecule has 0 amide bonds. The Balaban J connectivity index is 1.74. The maximum absolute atomic E-state index is 2.71. The Bertz CT molecular complexity index is 377. The summed E-state index contributed by atoms with van der Waals surface area (Å²) < 4.78 is 0. The van der Waals surface area contributed by atoms with E-state index in [1.54, 1.807) is 0 Å². The van der Waals surface area contributed by atoms with E-state index in [9.17, 15) is 0 Å². The van der Waals surface area contributed by atoms with E-state index in [4.69, 9.17) is 0 Å². The van der Waals surface area contributed by atoms with Gasteiger partial charge in [0.1, 0.15) is 0 Å². The average molecular weight is 367 g/mol. The van der Waals surface area contributed by atoms with Gasteiger partial charge in [-0.05, 0) is 80.3 Å². The predicted octanol–water partition coefficient (Wildman–Crippen LogP) is 4.07. The van der Waals surface area contributed by atoms with E-state index in [-0.39, 0.29) is 0 Å². The summed E-state index contributed by atoms with van der Waals surface area (Å²) in [5.74, 6) is 0. The largest absolute Gasteiger partial charge is 0.286 e. The summed E-state index contributed by atoms with van der Waals surface area (Å²) in [5, 5.41) is 0. The van der Waals surface area contributed by atoms with Crippen LogP contribution >= 0.6 is 0 Å². The van der Waals surface area contributed by atoms with Gasteiger partial charge in [-0.25, -0.2) is 0 Å². The molecule has 2 aliphatic rings. The van der Waals surface area contributed by atoms with Gasteiger partial charge < -0.3 is 0 Å². The third kappa shape index (κ3) is 4.81. The summed E-state index contributed by atoms with van der Waals surface area (Å²) in [7, 11) is 0. The van der Waals surface area contributed by atoms with Crippen LogP contribution in [0.4, 0.5) is 0 Å². The summed E-state index contributed by atoms with van der Waals surface area (Å²) in [6.07, 6.45) is 5.16. The first-order valence-corrected chi connectivity index (χ1v) is 11.3. The van der Waals surface area contributed by atoms with Gasteiger partial charge in [-0.1, -0.05) is 13.8 Å². The molecule has 0 bridgehead atoms. The van der Waals surface area contributed by atoms with Gasteiger partial charge >= 0.3 is 0 Å². The van der Waals surface area contributed by atoms with Gasteiger partial charge in [-0.3, -0.25) is 19.6 Å². The fraction of sp³-hybridized carbons (Fsp3) is 1.00. The fourth-order valence-electron chi connectivity index (χ4n) is 4.83. The van der Waals surface area contributed by atoms with Gasteiger partial charge in [0.25, 0.3) is 0 Å². The van der Waals surface area contributed by atoms with Gasteiger partial charge in [0.2, 0.25) is 0 Å². The molecule has 2 heterocycles. The van der Waals surface area contributed by atoms with E-state index >= 15 is 0 Å². The highest BCUT2D eigenvalue weighted by Crippen LogP contribution is 2.26. The molecule has 0 spiro atoms. The van der Waals surface area contributed by atoms with Crippen molar-refractivity contribution in [3.63, 3.8) is 0 Å². The van der Waals surface area contributed by atoms with Crippen molar-refractivity contribution < 1.29 is 0 Å². The highest BCUT2D eigenvalue weighted by molar-refractivity contribution is 4.91. The first kappa shape index (κ1) is 22.1. The molecule has 0 unspecified atom stereocenters. The third-order valence-corrected chi connectivity index (χ3v) is 7.74. The molecule has 2 saturated heterocycles. The van der Waals surface area contributed by atoms with E-state index in [1.165, 1.54) is 38.8 Å². The summed E-state index contributed by atoms with van der Waals surface area (Å²) >= 11 is 0. The number of rotatable bonds is 9. The number of hydrogen-bond donors (Lipinski definition) is 0. The van der Waals surface area contributed by atoms with Crippen LogP contribution in [0.1, 0.15) is 81.1 Å². The highest BCUT2D eigenvalue weighted by atomic mass is 15.4. The first-order chi connectivity index (χ1) is 12.3. The minimum absolute atomic E-state index is 0.688. The molecule has 26 heavy (non-hydrogen) atoms. The maximum Gasteiger partial charge on any atom is 0.0515 e. The van der Waals surface area contributed by atoms with E-state index in [2.05, 4.69) is 75.0 Å². The van der Waals surface area contributed by atoms with E-state index in [1.807, 2.05) is 0 Å². The second-order valence-electron chi connectivity index (χ2n) is 9.12. The molecule has 0 N–H and O–H groups in total. The van der Waals surface area contributed by atoms with E-state index in [0.29, 0.717) is 36.3 Å². The zero-order valence-electron chi connectivity index (χ0n) is 18.9. The molecular weight excluding hydrogens is 320 g/mol. The van der Waals surface area contributed by atoms with Crippen LogP contribution in [0.5, 0.6) is 0 Å². The van der Waals surface area contributed by atoms with Crippen LogP contribution < -0.4 is 0 Å². The Morgan fingerprint density at radius 3 is 1.31 bits per heavy atom. The lowest BCUT2D eigenvalue weighted by Gasteiger charge is -2.27. The van der Waals surface area contributed by atoms with Gasteiger partial charge in [0, 0.05) is 36.3 Å². The minimum Gasteiger partial charge on any atom is -0.286 e. The lowest BCUT2D eigenvalue weighted by molar-refractivity contribution is 0.163. The van der Waals surface area contributed by atoms with Crippen molar-refractivity contribution in [1.29, 1.82) is 0 Å². The first-order valence-electron chi connectivity index (χ1n) is 11.3. The Morgan fingerprint density at radius 1 is 0.654 bits per heavy atom. The van der Waals surface area contributed by atoms with Gasteiger partial charge in [-0.2, -0.15) is 0 Å². The van der Waals surface area contributed by atoms with Crippen molar-refractivity contribution in [2.24, 2.45) is 0 Å². The van der Waals surface area contributed by atoms with E-state index in [0.717, 1.165) is 13.3 Å². The molecule has 4 heteroatoms. The number of nitrogens with zero attached hydrogens (tertiary/aromatic N) is 4. The molecule has 0 radical (unpaired) electrons. The zero-order valence-corrected chi connectivity index (χ0v) is 18.9. The van der Waals surface area contributed by atoms with Gasteiger partial charge in [0.05, 0.1) is 13.3 Å². The monoisotopic (exact) mass is 366 g/mol. The third-order valence-electron chi connectivity index (χ3n) is 7.74. The van der Waals surface area contributed by atoms with Crippen molar-refractivity contribution in [1.82, 2.24) is 19.6 Å². The van der Waals surface area contributed by atoms with Crippen LogP contribution in [0.3, 0.4) is 0 Å². The van der Waals surface area contributed by atoms with Crippen LogP contribution in [-0.4, -0.2) is 82.3 Å². The van der Waals surface area contributed by atoms with Crippen LogP contribution in [0.15, 0.2) is 0 Å². The molecule has 0 aromatic heterocycles. The molecule has 154 valence electrons.